The Bertz CT molecular complexity index is 1860. The van der Waals surface area contributed by atoms with Gasteiger partial charge in [0.25, 0.3) is 5.78 Å². The summed E-state index contributed by atoms with van der Waals surface area (Å²) in [6, 6.07) is 19.9. The molecule has 0 aliphatic heterocycles. The van der Waals surface area contributed by atoms with Gasteiger partial charge in [-0.1, -0.05) is 75.9 Å². The summed E-state index contributed by atoms with van der Waals surface area (Å²) in [7, 11) is 4.34. The molecule has 235 valence electrons. The van der Waals surface area contributed by atoms with Crippen molar-refractivity contribution in [1.29, 1.82) is 0 Å². The first-order chi connectivity index (χ1) is 20.0. The van der Waals surface area contributed by atoms with Crippen molar-refractivity contribution in [3.63, 3.8) is 0 Å². The number of allylic oxidation sites excluding steroid dienone is 2. The van der Waals surface area contributed by atoms with Crippen LogP contribution < -0.4 is 4.57 Å². The number of nitrogens with zero attached hydrogens (tertiary/aromatic N) is 1. The van der Waals surface area contributed by atoms with Crippen molar-refractivity contribution in [3.05, 3.63) is 103 Å². The van der Waals surface area contributed by atoms with Crippen molar-refractivity contribution in [3.8, 4) is 11.3 Å². The molecule has 0 aliphatic rings. The Morgan fingerprint density at radius 2 is 1.64 bits per heavy atom. The summed E-state index contributed by atoms with van der Waals surface area (Å²) in [5.74, 6) is -2.54. The van der Waals surface area contributed by atoms with Gasteiger partial charge in [0.1, 0.15) is 0 Å². The first kappa shape index (κ1) is 35.2. The molecule has 2 heterocycles. The number of aliphatic hydroxyl groups is 1. The van der Waals surface area contributed by atoms with Crippen LogP contribution in [0.25, 0.3) is 42.2 Å². The SMILES string of the molecule is CC(C)C/C(O)=C/C(=O)C(F)(F)F.[CH2-]c1c(-c2c3sc4cc(C)ccc4c3cc[n+]2[CH2-])cc(C(C)(C)C)c2ccccc12.[Ir]. The van der Waals surface area contributed by atoms with Gasteiger partial charge in [-0.2, -0.15) is 25.7 Å². The molecular weight excluding hydrogens is 760 g/mol. The van der Waals surface area contributed by atoms with E-state index in [1.807, 2.05) is 15.9 Å². The minimum Gasteiger partial charge on any atom is -0.512 e. The molecule has 2 aromatic heterocycles. The topological polar surface area (TPSA) is 41.2 Å². The predicted molar refractivity (Wildman–Crippen MR) is 172 cm³/mol. The van der Waals surface area contributed by atoms with E-state index < -0.39 is 17.7 Å². The summed E-state index contributed by atoms with van der Waals surface area (Å²) in [6.07, 6.45) is -2.53. The van der Waals surface area contributed by atoms with E-state index in [0.717, 1.165) is 11.3 Å². The minimum atomic E-state index is -4.90. The van der Waals surface area contributed by atoms with Crippen molar-refractivity contribution in [2.24, 2.45) is 5.92 Å². The van der Waals surface area contributed by atoms with E-state index in [4.69, 9.17) is 5.11 Å². The number of halogens is 3. The Balaban J connectivity index is 0.000000324. The van der Waals surface area contributed by atoms with Gasteiger partial charge in [0.05, 0.1) is 17.6 Å². The number of aryl methyl sites for hydroxylation is 1. The molecule has 44 heavy (non-hydrogen) atoms. The fraction of sp³-hybridized carbons (Fsp3) is 0.278. The van der Waals surface area contributed by atoms with Crippen LogP contribution in [0.4, 0.5) is 13.2 Å². The Labute approximate surface area is 274 Å². The van der Waals surface area contributed by atoms with Gasteiger partial charge < -0.3 is 9.67 Å². The molecule has 3 aromatic carbocycles. The monoisotopic (exact) mass is 797 g/mol. The van der Waals surface area contributed by atoms with Crippen molar-refractivity contribution in [2.45, 2.75) is 59.6 Å². The summed E-state index contributed by atoms with van der Waals surface area (Å²) < 4.78 is 39.5. The maximum atomic E-state index is 11.6. The number of thiophene rings is 1. The fourth-order valence-corrected chi connectivity index (χ4v) is 6.55. The van der Waals surface area contributed by atoms with Gasteiger partial charge in [-0.25, -0.2) is 0 Å². The summed E-state index contributed by atoms with van der Waals surface area (Å²) in [5.41, 5.74) is 6.04. The van der Waals surface area contributed by atoms with Crippen LogP contribution in [0.2, 0.25) is 0 Å². The molecular formula is C36H37F3IrNO2S-. The van der Waals surface area contributed by atoms with Gasteiger partial charge in [0, 0.05) is 49.0 Å². The van der Waals surface area contributed by atoms with Crippen molar-refractivity contribution < 1.29 is 47.7 Å². The number of hydrogen-bond donors (Lipinski definition) is 1. The average molecular weight is 797 g/mol. The number of benzene rings is 3. The molecule has 0 fully saturated rings. The second-order valence-electron chi connectivity index (χ2n) is 12.3. The van der Waals surface area contributed by atoms with Crippen LogP contribution in [0.1, 0.15) is 57.7 Å². The van der Waals surface area contributed by atoms with Crippen LogP contribution >= 0.6 is 11.3 Å². The number of aromatic nitrogens is 1. The number of aliphatic hydroxyl groups excluding tert-OH is 1. The van der Waals surface area contributed by atoms with Crippen molar-refractivity contribution in [1.82, 2.24) is 0 Å². The van der Waals surface area contributed by atoms with E-state index in [-0.39, 0.29) is 43.9 Å². The molecule has 5 rings (SSSR count). The quantitative estimate of drug-likeness (QED) is 0.0852. The number of carbonyl (C=O) groups excluding carboxylic acids is 1. The van der Waals surface area contributed by atoms with Crippen LogP contribution in [0.5, 0.6) is 0 Å². The number of fused-ring (bicyclic) bond motifs is 4. The fourth-order valence-electron chi connectivity index (χ4n) is 5.19. The zero-order chi connectivity index (χ0) is 31.9. The maximum absolute atomic E-state index is 11.6. The molecule has 0 unspecified atom stereocenters. The summed E-state index contributed by atoms with van der Waals surface area (Å²) >= 11 is 1.85. The number of carbonyl (C=O) groups is 1. The zero-order valence-corrected chi connectivity index (χ0v) is 28.9. The molecule has 5 aromatic rings. The normalized spacial score (nSPS) is 12.4. The van der Waals surface area contributed by atoms with Gasteiger partial charge in [0.15, 0.2) is 0 Å². The van der Waals surface area contributed by atoms with Crippen LogP contribution in [-0.4, -0.2) is 17.1 Å². The third-order valence-corrected chi connectivity index (χ3v) is 8.40. The Kier molecular flexibility index (Phi) is 10.7. The largest absolute Gasteiger partial charge is 0.512 e. The number of ketones is 1. The van der Waals surface area contributed by atoms with E-state index >= 15 is 0 Å². The standard InChI is InChI=1S/C28H26NS.C8H11F3O2.Ir/c1-17-11-12-21-22-13-14-29(6)26(27(22)30-25(21)15-17)23-16-24(28(3,4)5)20-10-8-7-9-19(20)18(23)2;1-5(2)3-6(12)4-7(13)8(9,10)11;/h7-16H,2,6H2,1,3-5H3;4-5,12H,3H2,1-2H3;/q-1;;/b;6-4-;. The van der Waals surface area contributed by atoms with Gasteiger partial charge in [-0.15, -0.1) is 34.4 Å². The molecule has 1 radical (unpaired) electrons. The smallest absolute Gasteiger partial charge is 0.454 e. The first-order valence-corrected chi connectivity index (χ1v) is 14.9. The second-order valence-corrected chi connectivity index (χ2v) is 13.4. The number of hydrogen-bond acceptors (Lipinski definition) is 3. The molecule has 0 spiro atoms. The third kappa shape index (κ3) is 7.48. The number of rotatable bonds is 4. The molecule has 0 bridgehead atoms. The molecule has 0 saturated heterocycles. The number of pyridine rings is 1. The van der Waals surface area contributed by atoms with E-state index in [0.29, 0.717) is 0 Å². The summed E-state index contributed by atoms with van der Waals surface area (Å²) in [6.45, 7) is 17.0. The zero-order valence-electron chi connectivity index (χ0n) is 25.7. The molecule has 0 saturated carbocycles. The van der Waals surface area contributed by atoms with Crippen LogP contribution in [-0.2, 0) is 30.3 Å². The Hall–Kier alpha value is -3.32. The van der Waals surface area contributed by atoms with Crippen molar-refractivity contribution >= 4 is 48.1 Å². The molecule has 0 aliphatic carbocycles. The number of alkyl halides is 3. The molecule has 0 amide bonds. The Morgan fingerprint density at radius 3 is 2.23 bits per heavy atom. The third-order valence-electron chi connectivity index (χ3n) is 7.22. The van der Waals surface area contributed by atoms with Gasteiger partial charge in [-0.05, 0) is 46.7 Å². The average Bonchev–Trinajstić information content (AvgIpc) is 3.25. The summed E-state index contributed by atoms with van der Waals surface area (Å²) in [5, 5.41) is 14.0. The molecule has 8 heteroatoms. The molecule has 3 nitrogen and oxygen atoms in total. The molecule has 0 atom stereocenters. The van der Waals surface area contributed by atoms with Gasteiger partial charge >= 0.3 is 6.18 Å². The molecule has 1 N–H and O–H groups in total. The second kappa shape index (κ2) is 13.4. The minimum absolute atomic E-state index is 0. The Morgan fingerprint density at radius 1 is 1.00 bits per heavy atom. The van der Waals surface area contributed by atoms with E-state index in [1.54, 1.807) is 13.8 Å². The summed E-state index contributed by atoms with van der Waals surface area (Å²) in [4.78, 5) is 10.3. The van der Waals surface area contributed by atoms with Crippen LogP contribution in [0.3, 0.4) is 0 Å². The van der Waals surface area contributed by atoms with Crippen molar-refractivity contribution in [2.75, 3.05) is 0 Å². The maximum Gasteiger partial charge on any atom is 0.454 e. The van der Waals surface area contributed by atoms with E-state index in [2.05, 4.69) is 102 Å². The first-order valence-electron chi connectivity index (χ1n) is 14.1. The predicted octanol–water partition coefficient (Wildman–Crippen LogP) is 10.2. The van der Waals surface area contributed by atoms with Gasteiger partial charge in [-0.3, -0.25) is 4.79 Å². The van der Waals surface area contributed by atoms with Gasteiger partial charge in [0.2, 0.25) is 0 Å². The van der Waals surface area contributed by atoms with Crippen LogP contribution in [0, 0.1) is 26.8 Å². The van der Waals surface area contributed by atoms with Crippen LogP contribution in [0.15, 0.2) is 72.6 Å². The van der Waals surface area contributed by atoms with E-state index in [9.17, 15) is 18.0 Å². The van der Waals surface area contributed by atoms with E-state index in [1.165, 1.54) is 47.6 Å².